The van der Waals surface area contributed by atoms with Crippen molar-refractivity contribution in [2.24, 2.45) is 29.6 Å². The van der Waals surface area contributed by atoms with E-state index in [4.69, 9.17) is 4.74 Å². The Labute approximate surface area is 189 Å². The minimum Gasteiger partial charge on any atom is -0.508 e. The molecule has 5 aliphatic carbocycles. The molecular weight excluding hydrogens is 471 g/mol. The minimum absolute atomic E-state index is 0.138. The molecule has 0 unspecified atom stereocenters. The van der Waals surface area contributed by atoms with Crippen LogP contribution in [0.1, 0.15) is 88.7 Å². The first-order valence-electron chi connectivity index (χ1n) is 12.0. The van der Waals surface area contributed by atoms with Crippen LogP contribution in [-0.2, 0) is 5.41 Å². The molecule has 4 bridgehead atoms. The topological polar surface area (TPSA) is 29.5 Å². The predicted molar refractivity (Wildman–Crippen MR) is 125 cm³/mol. The third kappa shape index (κ3) is 2.91. The number of fused-ring (bicyclic) bond motifs is 3. The Morgan fingerprint density at radius 1 is 1.00 bits per heavy atom. The zero-order chi connectivity index (χ0) is 20.0. The van der Waals surface area contributed by atoms with Gasteiger partial charge in [-0.1, -0.05) is 22.6 Å². The van der Waals surface area contributed by atoms with Crippen molar-refractivity contribution in [1.29, 1.82) is 0 Å². The number of phenols is 1. The number of rotatable bonds is 2. The zero-order valence-corrected chi connectivity index (χ0v) is 20.1. The fourth-order valence-corrected chi connectivity index (χ4v) is 9.55. The number of hydrogen-bond donors (Lipinski definition) is 1. The first kappa shape index (κ1) is 19.3. The standard InChI is InChI=1S/C26H35IO2/c1-25(2)21-4-3-15(14-27)8-20(21)24-22(28)9-19(10-23(24)29-25)26-11-16-5-17(12-26)7-18(6-16)13-26/h9-10,15-18,20-21,28H,3-8,11-14H2,1-2H3/t15-,16?,17?,18?,20-,21-,26?/m1/s1. The molecule has 6 aliphatic rings. The smallest absolute Gasteiger partial charge is 0.127 e. The molecule has 1 aromatic carbocycles. The highest BCUT2D eigenvalue weighted by Gasteiger charge is 2.53. The minimum atomic E-state index is -0.138. The van der Waals surface area contributed by atoms with E-state index in [1.165, 1.54) is 67.8 Å². The van der Waals surface area contributed by atoms with Crippen molar-refractivity contribution >= 4 is 22.6 Å². The molecule has 0 radical (unpaired) electrons. The maximum atomic E-state index is 11.3. The van der Waals surface area contributed by atoms with E-state index in [1.807, 2.05) is 0 Å². The predicted octanol–water partition coefficient (Wildman–Crippen LogP) is 6.97. The Kier molecular flexibility index (Phi) is 4.33. The van der Waals surface area contributed by atoms with E-state index in [2.05, 4.69) is 48.6 Å². The van der Waals surface area contributed by atoms with Crippen LogP contribution in [0, 0.1) is 29.6 Å². The lowest BCUT2D eigenvalue weighted by Gasteiger charge is -2.57. The summed E-state index contributed by atoms with van der Waals surface area (Å²) in [6.07, 6.45) is 12.1. The molecule has 3 atom stereocenters. The van der Waals surface area contributed by atoms with E-state index >= 15 is 0 Å². The molecule has 1 aromatic rings. The van der Waals surface area contributed by atoms with E-state index in [0.29, 0.717) is 23.0 Å². The average Bonchev–Trinajstić information content (AvgIpc) is 2.65. The van der Waals surface area contributed by atoms with Crippen LogP contribution in [-0.4, -0.2) is 15.1 Å². The average molecular weight is 506 g/mol. The van der Waals surface area contributed by atoms with Gasteiger partial charge in [-0.25, -0.2) is 0 Å². The van der Waals surface area contributed by atoms with Crippen molar-refractivity contribution < 1.29 is 9.84 Å². The van der Waals surface area contributed by atoms with Crippen molar-refractivity contribution in [2.45, 2.75) is 88.6 Å². The van der Waals surface area contributed by atoms with Gasteiger partial charge in [-0.3, -0.25) is 0 Å². The fourth-order valence-electron chi connectivity index (χ4n) is 8.75. The van der Waals surface area contributed by atoms with Gasteiger partial charge in [-0.2, -0.15) is 0 Å². The number of ether oxygens (including phenoxy) is 1. The largest absolute Gasteiger partial charge is 0.508 e. The highest BCUT2D eigenvalue weighted by Crippen LogP contribution is 2.63. The van der Waals surface area contributed by atoms with Gasteiger partial charge in [0.05, 0.1) is 0 Å². The van der Waals surface area contributed by atoms with Crippen LogP contribution in [0.5, 0.6) is 11.5 Å². The zero-order valence-electron chi connectivity index (χ0n) is 17.9. The highest BCUT2D eigenvalue weighted by atomic mass is 127. The summed E-state index contributed by atoms with van der Waals surface area (Å²) < 4.78 is 7.91. The molecule has 29 heavy (non-hydrogen) atoms. The van der Waals surface area contributed by atoms with Crippen LogP contribution in [0.4, 0.5) is 0 Å². The molecule has 0 aromatic heterocycles. The van der Waals surface area contributed by atoms with Crippen LogP contribution >= 0.6 is 22.6 Å². The molecule has 2 nitrogen and oxygen atoms in total. The van der Waals surface area contributed by atoms with Crippen molar-refractivity contribution in [2.75, 3.05) is 4.43 Å². The lowest BCUT2D eigenvalue weighted by atomic mass is 9.48. The number of halogens is 1. The summed E-state index contributed by atoms with van der Waals surface area (Å²) in [7, 11) is 0. The van der Waals surface area contributed by atoms with Crippen LogP contribution in [0.25, 0.3) is 0 Å². The second-order valence-electron chi connectivity index (χ2n) is 11.9. The van der Waals surface area contributed by atoms with Crippen LogP contribution in [0.2, 0.25) is 0 Å². The molecule has 1 N–H and O–H groups in total. The van der Waals surface area contributed by atoms with Crippen molar-refractivity contribution in [3.05, 3.63) is 23.3 Å². The fraction of sp³-hybridized carbons (Fsp3) is 0.769. The van der Waals surface area contributed by atoms with Gasteiger partial charge >= 0.3 is 0 Å². The quantitative estimate of drug-likeness (QED) is 0.347. The maximum absolute atomic E-state index is 11.3. The SMILES string of the molecule is CC1(C)Oc2cc(C34CC5CC(CC(C5)C3)C4)cc(O)c2[C@@H]2C[C@H](CI)CC[C@H]21. The summed E-state index contributed by atoms with van der Waals surface area (Å²) >= 11 is 2.55. The van der Waals surface area contributed by atoms with Crippen molar-refractivity contribution in [3.63, 3.8) is 0 Å². The molecule has 0 spiro atoms. The monoisotopic (exact) mass is 506 g/mol. The third-order valence-corrected chi connectivity index (χ3v) is 10.8. The first-order chi connectivity index (χ1) is 13.9. The molecule has 1 heterocycles. The van der Waals surface area contributed by atoms with Gasteiger partial charge in [-0.05, 0) is 124 Å². The summed E-state index contributed by atoms with van der Waals surface area (Å²) in [5.74, 6) is 6.06. The molecule has 7 rings (SSSR count). The normalized spacial score (nSPS) is 44.1. The van der Waals surface area contributed by atoms with Gasteiger partial charge < -0.3 is 9.84 Å². The maximum Gasteiger partial charge on any atom is 0.127 e. The van der Waals surface area contributed by atoms with Gasteiger partial charge in [-0.15, -0.1) is 0 Å². The lowest BCUT2D eigenvalue weighted by Crippen LogP contribution is -2.49. The van der Waals surface area contributed by atoms with E-state index in [0.717, 1.165) is 35.0 Å². The van der Waals surface area contributed by atoms with Gasteiger partial charge in [0, 0.05) is 15.9 Å². The molecule has 5 fully saturated rings. The number of alkyl halides is 1. The molecule has 3 heteroatoms. The summed E-state index contributed by atoms with van der Waals surface area (Å²) in [4.78, 5) is 0. The Morgan fingerprint density at radius 3 is 2.28 bits per heavy atom. The Bertz CT molecular complexity index is 793. The number of phenolic OH excluding ortho intramolecular Hbond substituents is 1. The van der Waals surface area contributed by atoms with E-state index in [1.54, 1.807) is 0 Å². The highest BCUT2D eigenvalue weighted by molar-refractivity contribution is 14.1. The molecule has 0 saturated heterocycles. The van der Waals surface area contributed by atoms with E-state index in [-0.39, 0.29) is 5.60 Å². The Morgan fingerprint density at radius 2 is 1.66 bits per heavy atom. The summed E-state index contributed by atoms with van der Waals surface area (Å²) in [6, 6.07) is 4.56. The van der Waals surface area contributed by atoms with E-state index < -0.39 is 0 Å². The first-order valence-corrected chi connectivity index (χ1v) is 13.5. The molecule has 1 aliphatic heterocycles. The Hall–Kier alpha value is -0.450. The van der Waals surface area contributed by atoms with Crippen molar-refractivity contribution in [1.82, 2.24) is 0 Å². The number of aromatic hydroxyl groups is 1. The summed E-state index contributed by atoms with van der Waals surface area (Å²) in [5.41, 5.74) is 2.70. The molecular formula is C26H35IO2. The van der Waals surface area contributed by atoms with Crippen LogP contribution < -0.4 is 4.74 Å². The number of hydrogen-bond acceptors (Lipinski definition) is 2. The van der Waals surface area contributed by atoms with Gasteiger partial charge in [0.25, 0.3) is 0 Å². The summed E-state index contributed by atoms with van der Waals surface area (Å²) in [5, 5.41) is 11.3. The number of benzene rings is 1. The summed E-state index contributed by atoms with van der Waals surface area (Å²) in [6.45, 7) is 4.57. The lowest BCUT2D eigenvalue weighted by molar-refractivity contribution is -0.0167. The molecule has 158 valence electrons. The van der Waals surface area contributed by atoms with Crippen LogP contribution in [0.3, 0.4) is 0 Å². The van der Waals surface area contributed by atoms with Gasteiger partial charge in [0.2, 0.25) is 0 Å². The third-order valence-electron chi connectivity index (χ3n) is 9.58. The molecule has 5 saturated carbocycles. The van der Waals surface area contributed by atoms with Gasteiger partial charge in [0.1, 0.15) is 17.1 Å². The molecule has 0 amide bonds. The van der Waals surface area contributed by atoms with Crippen molar-refractivity contribution in [3.8, 4) is 11.5 Å². The van der Waals surface area contributed by atoms with E-state index in [9.17, 15) is 5.11 Å². The second-order valence-corrected chi connectivity index (χ2v) is 12.7. The Balaban J connectivity index is 1.42. The second kappa shape index (κ2) is 6.53. The van der Waals surface area contributed by atoms with Crippen LogP contribution in [0.15, 0.2) is 12.1 Å². The van der Waals surface area contributed by atoms with Gasteiger partial charge in [0.15, 0.2) is 0 Å².